The number of aryl methyl sites for hydroxylation is 2. The number of halogens is 2. The van der Waals surface area contributed by atoms with Crippen molar-refractivity contribution in [1.29, 1.82) is 0 Å². The number of fused-ring (bicyclic) bond motifs is 6. The molecule has 0 amide bonds. The van der Waals surface area contributed by atoms with Gasteiger partial charge in [-0.3, -0.25) is 0 Å². The van der Waals surface area contributed by atoms with Crippen molar-refractivity contribution >= 4 is 43.6 Å². The summed E-state index contributed by atoms with van der Waals surface area (Å²) in [6.45, 7) is 52.7. The summed E-state index contributed by atoms with van der Waals surface area (Å²) in [5, 5.41) is 30.8. The molecule has 2 N–H and O–H groups in total. The molecule has 10 aromatic rings. The zero-order valence-electron chi connectivity index (χ0n) is 60.3. The third-order valence-electron chi connectivity index (χ3n) is 18.8. The van der Waals surface area contributed by atoms with Crippen molar-refractivity contribution in [2.75, 3.05) is 13.2 Å². The van der Waals surface area contributed by atoms with Crippen LogP contribution in [-0.4, -0.2) is 32.6 Å². The van der Waals surface area contributed by atoms with Gasteiger partial charge in [-0.05, 0) is 187 Å². The van der Waals surface area contributed by atoms with Crippen molar-refractivity contribution in [3.63, 3.8) is 0 Å². The van der Waals surface area contributed by atoms with Crippen LogP contribution in [0, 0.1) is 36.3 Å². The zero-order valence-corrected chi connectivity index (χ0v) is 62.1. The van der Waals surface area contributed by atoms with Crippen molar-refractivity contribution < 1.29 is 54.3 Å². The van der Waals surface area contributed by atoms with Gasteiger partial charge in [0, 0.05) is 69.6 Å². The van der Waals surface area contributed by atoms with Gasteiger partial charge in [-0.1, -0.05) is 201 Å². The predicted molar refractivity (Wildman–Crippen MR) is 385 cm³/mol. The summed E-state index contributed by atoms with van der Waals surface area (Å²) in [5.41, 5.74) is 12.8. The van der Waals surface area contributed by atoms with Crippen molar-refractivity contribution in [2.24, 2.45) is 10.8 Å². The quantitative estimate of drug-likeness (QED) is 0.113. The van der Waals surface area contributed by atoms with Crippen LogP contribution in [0.1, 0.15) is 210 Å². The van der Waals surface area contributed by atoms with E-state index in [0.29, 0.717) is 56.3 Å². The van der Waals surface area contributed by atoms with E-state index >= 15 is 8.78 Å². The molecule has 10 rings (SSSR count). The monoisotopic (exact) mass is 1290 g/mol. The first kappa shape index (κ1) is 70.6. The fourth-order valence-corrected chi connectivity index (χ4v) is 14.6. The molecule has 0 atom stereocenters. The van der Waals surface area contributed by atoms with E-state index in [2.05, 4.69) is 246 Å². The zero-order chi connectivity index (χ0) is 67.7. The van der Waals surface area contributed by atoms with Crippen molar-refractivity contribution in [3.8, 4) is 56.6 Å². The first-order valence-corrected chi connectivity index (χ1v) is 33.1. The Hall–Kier alpha value is -6.71. The first-order valence-electron chi connectivity index (χ1n) is 33.1. The van der Waals surface area contributed by atoms with E-state index in [9.17, 15) is 10.2 Å². The van der Waals surface area contributed by atoms with Gasteiger partial charge >= 0.3 is 0 Å². The summed E-state index contributed by atoms with van der Waals surface area (Å²) in [6, 6.07) is 40.9. The number of hydrogen-bond donors (Lipinski definition) is 2. The Morgan fingerprint density at radius 3 is 0.860 bits per heavy atom. The average molecular weight is 1290 g/mol. The van der Waals surface area contributed by atoms with Crippen LogP contribution in [0.2, 0.25) is 0 Å². The van der Waals surface area contributed by atoms with Crippen LogP contribution >= 0.6 is 0 Å². The molecule has 93 heavy (non-hydrogen) atoms. The SMILES string of the molecule is Cc1cc(F)cc(-c2cc(C(C)(C)CC(C)(C)C)cc(-n3c4cc(C(C)(C)C)ccc4c4ccc(C(C)(C)C)cc43)c2O)c1OCCOc1c(C)cc(F)cc1-c1cc(C(C)(C)CC(C)(C)C)cc(-n2c3cc(C(C)(C)C)ccc3c3ccc(C(C)(C)C)cc32)c1O.[Sc]. The predicted octanol–water partition coefficient (Wildman–Crippen LogP) is 23.6. The van der Waals surface area contributed by atoms with Gasteiger partial charge in [-0.2, -0.15) is 0 Å². The van der Waals surface area contributed by atoms with Crippen LogP contribution in [0.5, 0.6) is 23.0 Å². The second-order valence-electron chi connectivity index (χ2n) is 34.5. The van der Waals surface area contributed by atoms with Crippen LogP contribution in [0.4, 0.5) is 8.78 Å². The molecule has 0 spiro atoms. The minimum Gasteiger partial charge on any atom is -0.505 e. The van der Waals surface area contributed by atoms with Gasteiger partial charge in [-0.25, -0.2) is 8.78 Å². The van der Waals surface area contributed by atoms with E-state index in [-0.39, 0.29) is 83.0 Å². The Morgan fingerprint density at radius 2 is 0.613 bits per heavy atom. The number of phenols is 2. The maximum Gasteiger partial charge on any atom is 0.147 e. The van der Waals surface area contributed by atoms with E-state index in [1.807, 2.05) is 26.0 Å². The Morgan fingerprint density at radius 1 is 0.344 bits per heavy atom. The van der Waals surface area contributed by atoms with Crippen LogP contribution in [0.15, 0.2) is 121 Å². The third-order valence-corrected chi connectivity index (χ3v) is 18.8. The summed E-state index contributed by atoms with van der Waals surface area (Å²) in [5.74, 6) is -0.139. The smallest absolute Gasteiger partial charge is 0.147 e. The Bertz CT molecular complexity index is 4100. The molecular weight excluding hydrogens is 1180 g/mol. The van der Waals surface area contributed by atoms with Gasteiger partial charge in [0.25, 0.3) is 0 Å². The second-order valence-corrected chi connectivity index (χ2v) is 34.5. The van der Waals surface area contributed by atoms with Crippen LogP contribution in [-0.2, 0) is 58.3 Å². The van der Waals surface area contributed by atoms with Crippen LogP contribution in [0.25, 0.3) is 77.2 Å². The van der Waals surface area contributed by atoms with Gasteiger partial charge in [0.2, 0.25) is 0 Å². The normalized spacial score (nSPS) is 13.2. The Kier molecular flexibility index (Phi) is 18.6. The van der Waals surface area contributed by atoms with E-state index in [1.165, 1.54) is 24.3 Å². The molecule has 0 aliphatic heterocycles. The largest absolute Gasteiger partial charge is 0.505 e. The molecule has 0 saturated carbocycles. The van der Waals surface area contributed by atoms with E-state index in [0.717, 1.165) is 89.8 Å². The maximum atomic E-state index is 16.4. The van der Waals surface area contributed by atoms with Crippen molar-refractivity contribution in [1.82, 2.24) is 9.13 Å². The number of hydrogen-bond acceptors (Lipinski definition) is 4. The number of nitrogens with zero attached hydrogens (tertiary/aromatic N) is 2. The van der Waals surface area contributed by atoms with Gasteiger partial charge in [-0.15, -0.1) is 0 Å². The molecule has 489 valence electrons. The number of aromatic hydroxyl groups is 2. The topological polar surface area (TPSA) is 68.8 Å². The fraction of sp³-hybridized carbons (Fsp3) is 0.429. The maximum absolute atomic E-state index is 16.4. The minimum atomic E-state index is -0.466. The summed E-state index contributed by atoms with van der Waals surface area (Å²) in [6.07, 6.45) is 1.64. The van der Waals surface area contributed by atoms with E-state index in [1.54, 1.807) is 0 Å². The number of ether oxygens (including phenoxy) is 2. The summed E-state index contributed by atoms with van der Waals surface area (Å²) in [4.78, 5) is 0. The Labute approximate surface area is 572 Å². The number of aromatic nitrogens is 2. The van der Waals surface area contributed by atoms with Gasteiger partial charge < -0.3 is 28.8 Å². The molecule has 1 radical (unpaired) electrons. The molecule has 0 unspecified atom stereocenters. The Balaban J connectivity index is 0.0000102. The van der Waals surface area contributed by atoms with E-state index < -0.39 is 22.5 Å². The van der Waals surface area contributed by atoms with E-state index in [4.69, 9.17) is 9.47 Å². The first-order chi connectivity index (χ1) is 42.3. The molecule has 0 fully saturated rings. The van der Waals surface area contributed by atoms with Crippen molar-refractivity contribution in [2.45, 2.75) is 212 Å². The van der Waals surface area contributed by atoms with Gasteiger partial charge in [0.15, 0.2) is 0 Å². The molecular formula is C84H102F2N2O4Sc. The molecule has 6 nitrogen and oxygen atoms in total. The molecule has 8 aromatic carbocycles. The molecule has 0 bridgehead atoms. The van der Waals surface area contributed by atoms with Gasteiger partial charge in [0.1, 0.15) is 47.8 Å². The van der Waals surface area contributed by atoms with Gasteiger partial charge in [0.05, 0.1) is 33.4 Å². The standard InChI is InChI=1S/C84H102F2N2O4.Sc/c1-49-35-57(85)45-65(63-37-55(83(21,22)47-77(3,4)5)43-71(73(63)89)87-67-39-51(79(9,10)11)25-29-59(67)60-30-26-52(40-68(60)87)80(12,13)14)75(49)91-33-34-92-76-50(2)36-58(86)46-66(76)64-38-56(84(23,24)48-78(6,7)8)44-72(74(64)90)88-69-41-53(81(15,16)17)27-31-61(69)62-32-28-54(42-70(62)88)82(18,19)20;/h25-32,35-46,89-90H,33-34,47-48H2,1-24H3;. The molecule has 2 heterocycles. The average Bonchev–Trinajstić information content (AvgIpc) is 1.63. The van der Waals surface area contributed by atoms with Crippen LogP contribution < -0.4 is 9.47 Å². The number of rotatable bonds is 13. The molecule has 0 saturated heterocycles. The fourth-order valence-electron chi connectivity index (χ4n) is 14.6. The molecule has 0 aliphatic carbocycles. The summed E-state index contributed by atoms with van der Waals surface area (Å²) >= 11 is 0. The molecule has 2 aromatic heterocycles. The minimum absolute atomic E-state index is 0. The second kappa shape index (κ2) is 24.5. The molecule has 9 heteroatoms. The number of benzene rings is 8. The third kappa shape index (κ3) is 14.2. The summed E-state index contributed by atoms with van der Waals surface area (Å²) < 4.78 is 50.9. The summed E-state index contributed by atoms with van der Waals surface area (Å²) in [7, 11) is 0. The molecule has 0 aliphatic rings. The van der Waals surface area contributed by atoms with Crippen molar-refractivity contribution in [3.05, 3.63) is 177 Å². The number of phenolic OH excluding ortho intramolecular Hbond substituents is 2. The van der Waals surface area contributed by atoms with Crippen LogP contribution in [0.3, 0.4) is 0 Å².